The van der Waals surface area contributed by atoms with E-state index in [1.165, 1.54) is 0 Å². The first-order valence-corrected chi connectivity index (χ1v) is 4.89. The first-order chi connectivity index (χ1) is 5.52. The van der Waals surface area contributed by atoms with E-state index in [2.05, 4.69) is 40.1 Å². The van der Waals surface area contributed by atoms with E-state index >= 15 is 0 Å². The second-order valence-corrected chi connectivity index (χ2v) is 4.35. The number of hydrogen-bond donors (Lipinski definition) is 1. The van der Waals surface area contributed by atoms with Crippen molar-refractivity contribution in [2.45, 2.75) is 47.1 Å². The number of hydroxylamine groups is 1. The standard InChI is InChI=1S/C10H23NO/c1-8(2)6-10(5)11-12-7-9(3)4/h8-11H,6-7H2,1-5H3. The summed E-state index contributed by atoms with van der Waals surface area (Å²) in [6.45, 7) is 11.7. The Morgan fingerprint density at radius 1 is 1.00 bits per heavy atom. The molecule has 12 heavy (non-hydrogen) atoms. The summed E-state index contributed by atoms with van der Waals surface area (Å²) in [5, 5.41) is 0. The lowest BCUT2D eigenvalue weighted by molar-refractivity contribution is 0.000716. The summed E-state index contributed by atoms with van der Waals surface area (Å²) < 4.78 is 0. The number of nitrogens with one attached hydrogen (secondary N) is 1. The summed E-state index contributed by atoms with van der Waals surface area (Å²) in [6.07, 6.45) is 1.16. The monoisotopic (exact) mass is 173 g/mol. The van der Waals surface area contributed by atoms with Crippen LogP contribution in [0.15, 0.2) is 0 Å². The number of hydrogen-bond acceptors (Lipinski definition) is 2. The van der Waals surface area contributed by atoms with E-state index in [4.69, 9.17) is 4.84 Å². The molecule has 2 heteroatoms. The largest absolute Gasteiger partial charge is 0.301 e. The van der Waals surface area contributed by atoms with Crippen LogP contribution in [0.5, 0.6) is 0 Å². The van der Waals surface area contributed by atoms with E-state index in [0.29, 0.717) is 12.0 Å². The van der Waals surface area contributed by atoms with Gasteiger partial charge in [-0.3, -0.25) is 0 Å². The minimum Gasteiger partial charge on any atom is -0.301 e. The van der Waals surface area contributed by atoms with Crippen molar-refractivity contribution in [3.05, 3.63) is 0 Å². The van der Waals surface area contributed by atoms with Crippen molar-refractivity contribution in [3.8, 4) is 0 Å². The molecule has 0 rings (SSSR count). The predicted molar refractivity (Wildman–Crippen MR) is 52.8 cm³/mol. The maximum absolute atomic E-state index is 5.31. The van der Waals surface area contributed by atoms with Gasteiger partial charge in [0, 0.05) is 6.04 Å². The van der Waals surface area contributed by atoms with E-state index in [9.17, 15) is 0 Å². The summed E-state index contributed by atoms with van der Waals surface area (Å²) in [5.74, 6) is 1.33. The SMILES string of the molecule is CC(C)CONC(C)CC(C)C. The summed E-state index contributed by atoms with van der Waals surface area (Å²) >= 11 is 0. The van der Waals surface area contributed by atoms with Crippen LogP contribution in [-0.2, 0) is 4.84 Å². The minimum absolute atomic E-state index is 0.462. The Balaban J connectivity index is 3.25. The molecular weight excluding hydrogens is 150 g/mol. The van der Waals surface area contributed by atoms with Crippen LogP contribution in [0, 0.1) is 11.8 Å². The molecule has 0 aromatic rings. The average molecular weight is 173 g/mol. The first-order valence-electron chi connectivity index (χ1n) is 4.89. The van der Waals surface area contributed by atoms with Crippen molar-refractivity contribution in [1.29, 1.82) is 0 Å². The van der Waals surface area contributed by atoms with E-state index < -0.39 is 0 Å². The van der Waals surface area contributed by atoms with Crippen molar-refractivity contribution in [2.24, 2.45) is 11.8 Å². The summed E-state index contributed by atoms with van der Waals surface area (Å²) in [7, 11) is 0. The van der Waals surface area contributed by atoms with Gasteiger partial charge in [0.25, 0.3) is 0 Å². The summed E-state index contributed by atoms with van der Waals surface area (Å²) in [4.78, 5) is 5.31. The molecule has 0 aliphatic carbocycles. The summed E-state index contributed by atoms with van der Waals surface area (Å²) in [6, 6.07) is 0.462. The van der Waals surface area contributed by atoms with Gasteiger partial charge in [-0.1, -0.05) is 27.7 Å². The van der Waals surface area contributed by atoms with Gasteiger partial charge in [0.1, 0.15) is 0 Å². The normalized spacial score (nSPS) is 14.2. The average Bonchev–Trinajstić information content (AvgIpc) is 1.84. The number of rotatable bonds is 6. The Kier molecular flexibility index (Phi) is 6.39. The molecule has 0 radical (unpaired) electrons. The van der Waals surface area contributed by atoms with Crippen molar-refractivity contribution in [1.82, 2.24) is 5.48 Å². The molecule has 0 saturated carbocycles. The minimum atomic E-state index is 0.462. The third kappa shape index (κ3) is 8.02. The van der Waals surface area contributed by atoms with Crippen molar-refractivity contribution in [2.75, 3.05) is 6.61 Å². The molecule has 0 amide bonds. The second-order valence-electron chi connectivity index (χ2n) is 4.35. The Morgan fingerprint density at radius 2 is 1.58 bits per heavy atom. The molecule has 0 aliphatic heterocycles. The second kappa shape index (κ2) is 6.44. The van der Waals surface area contributed by atoms with Gasteiger partial charge in [-0.25, -0.2) is 0 Å². The lowest BCUT2D eigenvalue weighted by Gasteiger charge is -2.16. The van der Waals surface area contributed by atoms with Crippen LogP contribution in [0.4, 0.5) is 0 Å². The Bertz CT molecular complexity index is 102. The third-order valence-electron chi connectivity index (χ3n) is 1.53. The van der Waals surface area contributed by atoms with E-state index in [1.54, 1.807) is 0 Å². The molecule has 0 aromatic carbocycles. The van der Waals surface area contributed by atoms with Crippen molar-refractivity contribution >= 4 is 0 Å². The highest BCUT2D eigenvalue weighted by atomic mass is 16.6. The quantitative estimate of drug-likeness (QED) is 0.623. The first kappa shape index (κ1) is 11.9. The maximum atomic E-state index is 5.31. The van der Waals surface area contributed by atoms with Crippen LogP contribution in [0.2, 0.25) is 0 Å². The van der Waals surface area contributed by atoms with Gasteiger partial charge >= 0.3 is 0 Å². The summed E-state index contributed by atoms with van der Waals surface area (Å²) in [5.41, 5.74) is 3.05. The smallest absolute Gasteiger partial charge is 0.0705 e. The van der Waals surface area contributed by atoms with E-state index in [1.807, 2.05) is 0 Å². The van der Waals surface area contributed by atoms with E-state index in [0.717, 1.165) is 18.9 Å². The Labute approximate surface area is 76.6 Å². The van der Waals surface area contributed by atoms with Crippen LogP contribution in [0.1, 0.15) is 41.0 Å². The van der Waals surface area contributed by atoms with Crippen LogP contribution < -0.4 is 5.48 Å². The van der Waals surface area contributed by atoms with E-state index in [-0.39, 0.29) is 0 Å². The van der Waals surface area contributed by atoms with Crippen LogP contribution in [-0.4, -0.2) is 12.6 Å². The molecule has 1 N–H and O–H groups in total. The Morgan fingerprint density at radius 3 is 2.00 bits per heavy atom. The molecule has 1 unspecified atom stereocenters. The zero-order chi connectivity index (χ0) is 9.56. The highest BCUT2D eigenvalue weighted by Crippen LogP contribution is 2.03. The van der Waals surface area contributed by atoms with Crippen molar-refractivity contribution < 1.29 is 4.84 Å². The zero-order valence-electron chi connectivity index (χ0n) is 9.05. The third-order valence-corrected chi connectivity index (χ3v) is 1.53. The predicted octanol–water partition coefficient (Wildman–Crippen LogP) is 2.60. The van der Waals surface area contributed by atoms with Gasteiger partial charge in [-0.05, 0) is 25.2 Å². The molecule has 0 heterocycles. The molecule has 0 aromatic heterocycles. The Hall–Kier alpha value is -0.0800. The fourth-order valence-electron chi connectivity index (χ4n) is 1.11. The van der Waals surface area contributed by atoms with Gasteiger partial charge in [-0.2, -0.15) is 5.48 Å². The molecule has 0 bridgehead atoms. The zero-order valence-corrected chi connectivity index (χ0v) is 9.05. The molecule has 74 valence electrons. The molecule has 0 saturated heterocycles. The van der Waals surface area contributed by atoms with Gasteiger partial charge in [0.05, 0.1) is 6.61 Å². The molecule has 0 spiro atoms. The lowest BCUT2D eigenvalue weighted by atomic mass is 10.1. The highest BCUT2D eigenvalue weighted by molar-refractivity contribution is 4.57. The maximum Gasteiger partial charge on any atom is 0.0705 e. The highest BCUT2D eigenvalue weighted by Gasteiger charge is 2.04. The van der Waals surface area contributed by atoms with Crippen molar-refractivity contribution in [3.63, 3.8) is 0 Å². The molecule has 1 atom stereocenters. The van der Waals surface area contributed by atoms with Gasteiger partial charge in [0.15, 0.2) is 0 Å². The topological polar surface area (TPSA) is 21.3 Å². The van der Waals surface area contributed by atoms with Gasteiger partial charge in [0.2, 0.25) is 0 Å². The van der Waals surface area contributed by atoms with Crippen LogP contribution >= 0.6 is 0 Å². The molecular formula is C10H23NO. The van der Waals surface area contributed by atoms with Crippen LogP contribution in [0.3, 0.4) is 0 Å². The van der Waals surface area contributed by atoms with Gasteiger partial charge in [-0.15, -0.1) is 0 Å². The lowest BCUT2D eigenvalue weighted by Crippen LogP contribution is -2.29. The fourth-order valence-corrected chi connectivity index (χ4v) is 1.11. The molecule has 2 nitrogen and oxygen atoms in total. The van der Waals surface area contributed by atoms with Gasteiger partial charge < -0.3 is 4.84 Å². The molecule has 0 aliphatic rings. The van der Waals surface area contributed by atoms with Crippen LogP contribution in [0.25, 0.3) is 0 Å². The fraction of sp³-hybridized carbons (Fsp3) is 1.00. The molecule has 0 fully saturated rings.